The van der Waals surface area contributed by atoms with Gasteiger partial charge in [0.1, 0.15) is 0 Å². The lowest BCUT2D eigenvalue weighted by molar-refractivity contribution is -0.123. The number of piperazine rings is 1. The predicted molar refractivity (Wildman–Crippen MR) is 115 cm³/mol. The molecule has 6 heteroatoms. The van der Waals surface area contributed by atoms with Crippen molar-refractivity contribution in [3.05, 3.63) is 65.7 Å². The van der Waals surface area contributed by atoms with Crippen molar-refractivity contribution >= 4 is 17.5 Å². The molecule has 1 saturated heterocycles. The second-order valence-electron chi connectivity index (χ2n) is 7.63. The molecule has 29 heavy (non-hydrogen) atoms. The number of rotatable bonds is 7. The molecule has 1 unspecified atom stereocenters. The molecule has 6 nitrogen and oxygen atoms in total. The highest BCUT2D eigenvalue weighted by molar-refractivity contribution is 5.88. The number of carbonyl (C=O) groups excluding carboxylic acids is 2. The van der Waals surface area contributed by atoms with E-state index < -0.39 is 0 Å². The molecule has 0 spiro atoms. The molecule has 0 saturated carbocycles. The number of hydrogen-bond acceptors (Lipinski definition) is 4. The highest BCUT2D eigenvalue weighted by Gasteiger charge is 2.20. The summed E-state index contributed by atoms with van der Waals surface area (Å²) in [4.78, 5) is 28.4. The topological polar surface area (TPSA) is 64.7 Å². The van der Waals surface area contributed by atoms with Crippen molar-refractivity contribution in [1.82, 2.24) is 15.1 Å². The number of hydrogen-bond donors (Lipinski definition) is 2. The van der Waals surface area contributed by atoms with Gasteiger partial charge in [-0.2, -0.15) is 0 Å². The molecule has 2 N–H and O–H groups in total. The van der Waals surface area contributed by atoms with E-state index in [4.69, 9.17) is 0 Å². The molecule has 1 fully saturated rings. The van der Waals surface area contributed by atoms with E-state index in [1.165, 1.54) is 12.5 Å². The molecular weight excluding hydrogens is 364 g/mol. The van der Waals surface area contributed by atoms with E-state index in [1.807, 2.05) is 37.3 Å². The molecule has 1 heterocycles. The third-order valence-corrected chi connectivity index (χ3v) is 5.17. The zero-order chi connectivity index (χ0) is 20.6. The summed E-state index contributed by atoms with van der Waals surface area (Å²) in [5.41, 5.74) is 3.04. The summed E-state index contributed by atoms with van der Waals surface area (Å²) >= 11 is 0. The highest BCUT2D eigenvalue weighted by Crippen LogP contribution is 2.17. The van der Waals surface area contributed by atoms with Crippen LogP contribution in [0.15, 0.2) is 54.6 Å². The number of nitrogens with one attached hydrogen (secondary N) is 2. The van der Waals surface area contributed by atoms with E-state index >= 15 is 0 Å². The maximum absolute atomic E-state index is 12.5. The quantitative estimate of drug-likeness (QED) is 0.758. The van der Waals surface area contributed by atoms with Crippen LogP contribution in [0.2, 0.25) is 0 Å². The van der Waals surface area contributed by atoms with Gasteiger partial charge in [0.25, 0.3) is 0 Å². The summed E-state index contributed by atoms with van der Waals surface area (Å²) in [6, 6.07) is 18.0. The Balaban J connectivity index is 1.43. The van der Waals surface area contributed by atoms with E-state index in [0.717, 1.165) is 44.0 Å². The molecule has 1 atom stereocenters. The lowest BCUT2D eigenvalue weighted by Gasteiger charge is -2.34. The summed E-state index contributed by atoms with van der Waals surface area (Å²) in [5.74, 6) is -0.0795. The molecule has 0 aliphatic carbocycles. The standard InChI is InChI=1S/C23H30N4O2/c1-18(21-9-6-10-22(15-21)25-19(2)28)24-23(29)17-27-13-11-26(12-14-27)16-20-7-4-3-5-8-20/h3-10,15,18H,11-14,16-17H2,1-2H3,(H,24,29)(H,25,28). The smallest absolute Gasteiger partial charge is 0.234 e. The lowest BCUT2D eigenvalue weighted by Crippen LogP contribution is -2.49. The summed E-state index contributed by atoms with van der Waals surface area (Å²) in [7, 11) is 0. The van der Waals surface area contributed by atoms with Crippen molar-refractivity contribution in [3.63, 3.8) is 0 Å². The Hall–Kier alpha value is -2.70. The fraction of sp³-hybridized carbons (Fsp3) is 0.391. The van der Waals surface area contributed by atoms with Crippen LogP contribution in [-0.2, 0) is 16.1 Å². The van der Waals surface area contributed by atoms with Gasteiger partial charge in [-0.05, 0) is 30.2 Å². The van der Waals surface area contributed by atoms with Crippen molar-refractivity contribution in [2.24, 2.45) is 0 Å². The van der Waals surface area contributed by atoms with E-state index in [1.54, 1.807) is 0 Å². The zero-order valence-electron chi connectivity index (χ0n) is 17.2. The van der Waals surface area contributed by atoms with Gasteiger partial charge < -0.3 is 10.6 Å². The molecule has 2 amide bonds. The van der Waals surface area contributed by atoms with Crippen molar-refractivity contribution in [1.29, 1.82) is 0 Å². The first-order chi connectivity index (χ1) is 14.0. The van der Waals surface area contributed by atoms with Crippen molar-refractivity contribution < 1.29 is 9.59 Å². The van der Waals surface area contributed by atoms with Crippen LogP contribution in [0.5, 0.6) is 0 Å². The Morgan fingerprint density at radius 3 is 2.34 bits per heavy atom. The van der Waals surface area contributed by atoms with Crippen LogP contribution < -0.4 is 10.6 Å². The highest BCUT2D eigenvalue weighted by atomic mass is 16.2. The van der Waals surface area contributed by atoms with E-state index in [2.05, 4.69) is 44.7 Å². The lowest BCUT2D eigenvalue weighted by atomic mass is 10.1. The number of benzene rings is 2. The Morgan fingerprint density at radius 1 is 0.966 bits per heavy atom. The molecule has 2 aromatic carbocycles. The number of anilines is 1. The molecule has 3 rings (SSSR count). The van der Waals surface area contributed by atoms with Gasteiger partial charge >= 0.3 is 0 Å². The average molecular weight is 395 g/mol. The van der Waals surface area contributed by atoms with E-state index in [-0.39, 0.29) is 17.9 Å². The Labute approximate surface area is 172 Å². The SMILES string of the molecule is CC(=O)Nc1cccc(C(C)NC(=O)CN2CCN(Cc3ccccc3)CC2)c1. The molecule has 2 aromatic rings. The normalized spacial score (nSPS) is 16.2. The molecule has 0 radical (unpaired) electrons. The summed E-state index contributed by atoms with van der Waals surface area (Å²) in [5, 5.41) is 5.84. The van der Waals surface area contributed by atoms with Crippen LogP contribution in [0.25, 0.3) is 0 Å². The monoisotopic (exact) mass is 394 g/mol. The minimum atomic E-state index is -0.115. The van der Waals surface area contributed by atoms with Gasteiger partial charge in [-0.15, -0.1) is 0 Å². The third-order valence-electron chi connectivity index (χ3n) is 5.17. The minimum Gasteiger partial charge on any atom is -0.348 e. The predicted octanol–water partition coefficient (Wildman–Crippen LogP) is 2.64. The largest absolute Gasteiger partial charge is 0.348 e. The molecule has 154 valence electrons. The van der Waals surface area contributed by atoms with Gasteiger partial charge in [0.2, 0.25) is 11.8 Å². The maximum atomic E-state index is 12.5. The van der Waals surface area contributed by atoms with Crippen LogP contribution in [0.1, 0.15) is 31.0 Å². The Kier molecular flexibility index (Phi) is 7.38. The van der Waals surface area contributed by atoms with Gasteiger partial charge in [0.15, 0.2) is 0 Å². The van der Waals surface area contributed by atoms with Gasteiger partial charge in [-0.1, -0.05) is 42.5 Å². The fourth-order valence-electron chi connectivity index (χ4n) is 3.61. The maximum Gasteiger partial charge on any atom is 0.234 e. The molecule has 0 aromatic heterocycles. The molecule has 1 aliphatic heterocycles. The summed E-state index contributed by atoms with van der Waals surface area (Å²) < 4.78 is 0. The number of nitrogens with zero attached hydrogens (tertiary/aromatic N) is 2. The summed E-state index contributed by atoms with van der Waals surface area (Å²) in [6.45, 7) is 8.55. The van der Waals surface area contributed by atoms with E-state index in [9.17, 15) is 9.59 Å². The Morgan fingerprint density at radius 2 is 1.66 bits per heavy atom. The average Bonchev–Trinajstić information content (AvgIpc) is 2.70. The second kappa shape index (κ2) is 10.2. The third kappa shape index (κ3) is 6.69. The first-order valence-electron chi connectivity index (χ1n) is 10.1. The first kappa shape index (κ1) is 21.0. The van der Waals surface area contributed by atoms with Gasteiger partial charge in [0, 0.05) is 45.3 Å². The van der Waals surface area contributed by atoms with Crippen molar-refractivity contribution in [2.75, 3.05) is 38.0 Å². The van der Waals surface area contributed by atoms with Gasteiger partial charge in [0.05, 0.1) is 12.6 Å². The molecular formula is C23H30N4O2. The van der Waals surface area contributed by atoms with Crippen LogP contribution in [0, 0.1) is 0 Å². The van der Waals surface area contributed by atoms with Crippen LogP contribution in [0.3, 0.4) is 0 Å². The van der Waals surface area contributed by atoms with Crippen LogP contribution in [0.4, 0.5) is 5.69 Å². The molecule has 1 aliphatic rings. The molecule has 0 bridgehead atoms. The van der Waals surface area contributed by atoms with Crippen molar-refractivity contribution in [2.45, 2.75) is 26.4 Å². The van der Waals surface area contributed by atoms with E-state index in [0.29, 0.717) is 6.54 Å². The number of amides is 2. The zero-order valence-corrected chi connectivity index (χ0v) is 17.2. The fourth-order valence-corrected chi connectivity index (χ4v) is 3.61. The second-order valence-corrected chi connectivity index (χ2v) is 7.63. The van der Waals surface area contributed by atoms with Gasteiger partial charge in [-0.3, -0.25) is 19.4 Å². The summed E-state index contributed by atoms with van der Waals surface area (Å²) in [6.07, 6.45) is 0. The number of carbonyl (C=O) groups is 2. The van der Waals surface area contributed by atoms with Crippen LogP contribution in [-0.4, -0.2) is 54.3 Å². The van der Waals surface area contributed by atoms with Gasteiger partial charge in [-0.25, -0.2) is 0 Å². The van der Waals surface area contributed by atoms with Crippen molar-refractivity contribution in [3.8, 4) is 0 Å². The Bertz CT molecular complexity index is 817. The minimum absolute atomic E-state index is 0.0268. The van der Waals surface area contributed by atoms with Crippen LogP contribution >= 0.6 is 0 Å². The first-order valence-corrected chi connectivity index (χ1v) is 10.1.